The predicted molar refractivity (Wildman–Crippen MR) is 82.3 cm³/mol. The van der Waals surface area contributed by atoms with Crippen LogP contribution in [0.2, 0.25) is 0 Å². The Labute approximate surface area is 127 Å². The second-order valence-electron chi connectivity index (χ2n) is 5.22. The van der Waals surface area contributed by atoms with Crippen molar-refractivity contribution in [1.29, 1.82) is 0 Å². The lowest BCUT2D eigenvalue weighted by molar-refractivity contribution is 0.505. The van der Waals surface area contributed by atoms with Crippen molar-refractivity contribution in [2.45, 2.75) is 13.8 Å². The third-order valence-corrected chi connectivity index (χ3v) is 3.55. The fourth-order valence-electron chi connectivity index (χ4n) is 2.18. The van der Waals surface area contributed by atoms with Crippen molar-refractivity contribution in [2.75, 3.05) is 0 Å². The van der Waals surface area contributed by atoms with Crippen LogP contribution in [0.3, 0.4) is 0 Å². The zero-order chi connectivity index (χ0) is 15.7. The van der Waals surface area contributed by atoms with Gasteiger partial charge < -0.3 is 0 Å². The summed E-state index contributed by atoms with van der Waals surface area (Å²) in [7, 11) is 0. The maximum atomic E-state index is 14.0. The molecule has 0 unspecified atom stereocenters. The molecule has 3 rings (SSSR count). The first-order valence-electron chi connectivity index (χ1n) is 6.90. The minimum absolute atomic E-state index is 0.0681. The molecule has 1 heterocycles. The van der Waals surface area contributed by atoms with E-state index < -0.39 is 11.6 Å². The molecule has 0 radical (unpaired) electrons. The molecule has 0 spiro atoms. The molecule has 0 N–H and O–H groups in total. The molecule has 0 atom stereocenters. The molecule has 0 saturated heterocycles. The van der Waals surface area contributed by atoms with Gasteiger partial charge in [-0.25, -0.2) is 18.7 Å². The molecule has 0 saturated carbocycles. The number of rotatable bonds is 2. The van der Waals surface area contributed by atoms with Crippen molar-refractivity contribution in [3.63, 3.8) is 0 Å². The van der Waals surface area contributed by atoms with Gasteiger partial charge in [-0.1, -0.05) is 35.9 Å². The van der Waals surface area contributed by atoms with E-state index in [0.29, 0.717) is 0 Å². The molecule has 3 aromatic rings. The van der Waals surface area contributed by atoms with Crippen LogP contribution in [0.1, 0.15) is 11.1 Å². The largest absolute Gasteiger partial charge is 0.236 e. The van der Waals surface area contributed by atoms with Gasteiger partial charge in [0.25, 0.3) is 0 Å². The van der Waals surface area contributed by atoms with E-state index in [9.17, 15) is 8.78 Å². The highest BCUT2D eigenvalue weighted by Gasteiger charge is 2.14. The van der Waals surface area contributed by atoms with Gasteiger partial charge in [0.2, 0.25) is 0 Å². The molecule has 4 heteroatoms. The maximum absolute atomic E-state index is 14.0. The quantitative estimate of drug-likeness (QED) is 0.684. The molecular weight excluding hydrogens is 282 g/mol. The first-order valence-corrected chi connectivity index (χ1v) is 6.90. The van der Waals surface area contributed by atoms with E-state index in [2.05, 4.69) is 9.97 Å². The molecular formula is C18H14F2N2. The SMILES string of the molecule is Cc1ccc(-c2cnc(-c3ccc(C)c(F)c3F)nc2)cc1. The Kier molecular flexibility index (Phi) is 3.67. The highest BCUT2D eigenvalue weighted by Crippen LogP contribution is 2.25. The molecule has 0 aliphatic carbocycles. The van der Waals surface area contributed by atoms with Crippen molar-refractivity contribution in [1.82, 2.24) is 9.97 Å². The van der Waals surface area contributed by atoms with Crippen LogP contribution in [-0.2, 0) is 0 Å². The van der Waals surface area contributed by atoms with Crippen LogP contribution in [0, 0.1) is 25.5 Å². The van der Waals surface area contributed by atoms with E-state index >= 15 is 0 Å². The number of nitrogens with zero attached hydrogens (tertiary/aromatic N) is 2. The number of halogens is 2. The third-order valence-electron chi connectivity index (χ3n) is 3.55. The fourth-order valence-corrected chi connectivity index (χ4v) is 2.18. The summed E-state index contributed by atoms with van der Waals surface area (Å²) in [6.07, 6.45) is 3.23. The smallest absolute Gasteiger partial charge is 0.170 e. The highest BCUT2D eigenvalue weighted by molar-refractivity contribution is 5.64. The standard InChI is InChI=1S/C18H14F2N2/c1-11-3-6-13(7-4-11)14-9-21-18(22-10-14)15-8-5-12(2)16(19)17(15)20/h3-10H,1-2H3. The molecule has 0 bridgehead atoms. The Balaban J connectivity index is 1.98. The highest BCUT2D eigenvalue weighted by atomic mass is 19.2. The van der Waals surface area contributed by atoms with E-state index in [1.54, 1.807) is 12.4 Å². The molecule has 0 fully saturated rings. The zero-order valence-corrected chi connectivity index (χ0v) is 12.3. The Morgan fingerprint density at radius 1 is 0.727 bits per heavy atom. The average Bonchev–Trinajstić information content (AvgIpc) is 2.54. The molecule has 1 aromatic heterocycles. The van der Waals surface area contributed by atoms with E-state index in [4.69, 9.17) is 0 Å². The zero-order valence-electron chi connectivity index (χ0n) is 12.3. The van der Waals surface area contributed by atoms with Crippen LogP contribution in [0.25, 0.3) is 22.5 Å². The number of aromatic nitrogens is 2. The van der Waals surface area contributed by atoms with Gasteiger partial charge in [-0.05, 0) is 31.0 Å². The molecule has 2 aromatic carbocycles. The fraction of sp³-hybridized carbons (Fsp3) is 0.111. The summed E-state index contributed by atoms with van der Waals surface area (Å²) in [6.45, 7) is 3.53. The van der Waals surface area contributed by atoms with Crippen LogP contribution >= 0.6 is 0 Å². The Hall–Kier alpha value is -2.62. The summed E-state index contributed by atoms with van der Waals surface area (Å²) < 4.78 is 27.6. The van der Waals surface area contributed by atoms with Crippen molar-refractivity contribution < 1.29 is 8.78 Å². The van der Waals surface area contributed by atoms with Crippen LogP contribution in [0.15, 0.2) is 48.8 Å². The Bertz CT molecular complexity index is 810. The number of hydrogen-bond donors (Lipinski definition) is 0. The number of benzene rings is 2. The minimum Gasteiger partial charge on any atom is -0.236 e. The van der Waals surface area contributed by atoms with E-state index in [1.807, 2.05) is 31.2 Å². The van der Waals surface area contributed by atoms with Gasteiger partial charge in [0.1, 0.15) is 0 Å². The molecule has 22 heavy (non-hydrogen) atoms. The summed E-state index contributed by atoms with van der Waals surface area (Å²) in [4.78, 5) is 8.32. The summed E-state index contributed by atoms with van der Waals surface area (Å²) in [6, 6.07) is 11.0. The van der Waals surface area contributed by atoms with Crippen molar-refractivity contribution in [3.8, 4) is 22.5 Å². The van der Waals surface area contributed by atoms with Crippen LogP contribution in [-0.4, -0.2) is 9.97 Å². The lowest BCUT2D eigenvalue weighted by Crippen LogP contribution is -1.97. The predicted octanol–water partition coefficient (Wildman–Crippen LogP) is 4.71. The van der Waals surface area contributed by atoms with Gasteiger partial charge in [0.05, 0.1) is 5.56 Å². The second kappa shape index (κ2) is 5.64. The first-order chi connectivity index (χ1) is 10.6. The summed E-state index contributed by atoms with van der Waals surface area (Å²) in [5.41, 5.74) is 3.30. The number of hydrogen-bond acceptors (Lipinski definition) is 2. The monoisotopic (exact) mass is 296 g/mol. The lowest BCUT2D eigenvalue weighted by atomic mass is 10.1. The van der Waals surface area contributed by atoms with Crippen molar-refractivity contribution in [2.24, 2.45) is 0 Å². The van der Waals surface area contributed by atoms with E-state index in [-0.39, 0.29) is 17.0 Å². The summed E-state index contributed by atoms with van der Waals surface area (Å²) >= 11 is 0. The molecule has 0 amide bonds. The van der Waals surface area contributed by atoms with Crippen LogP contribution < -0.4 is 0 Å². The van der Waals surface area contributed by atoms with E-state index in [0.717, 1.165) is 11.1 Å². The third kappa shape index (κ3) is 2.60. The summed E-state index contributed by atoms with van der Waals surface area (Å²) in [5, 5.41) is 0. The molecule has 110 valence electrons. The van der Waals surface area contributed by atoms with Gasteiger partial charge in [-0.3, -0.25) is 0 Å². The molecule has 0 aliphatic heterocycles. The lowest BCUT2D eigenvalue weighted by Gasteiger charge is -2.06. The molecule has 0 aliphatic rings. The van der Waals surface area contributed by atoms with Gasteiger partial charge in [-0.15, -0.1) is 0 Å². The van der Waals surface area contributed by atoms with Gasteiger partial charge in [0, 0.05) is 18.0 Å². The molecule has 2 nitrogen and oxygen atoms in total. The average molecular weight is 296 g/mol. The summed E-state index contributed by atoms with van der Waals surface area (Å²) in [5.74, 6) is -1.60. The topological polar surface area (TPSA) is 25.8 Å². The normalized spacial score (nSPS) is 10.7. The van der Waals surface area contributed by atoms with Crippen LogP contribution in [0.5, 0.6) is 0 Å². The maximum Gasteiger partial charge on any atom is 0.170 e. The van der Waals surface area contributed by atoms with E-state index in [1.165, 1.54) is 24.6 Å². The first kappa shape index (κ1) is 14.3. The Morgan fingerprint density at radius 3 is 2.00 bits per heavy atom. The number of aryl methyl sites for hydroxylation is 2. The van der Waals surface area contributed by atoms with Crippen LogP contribution in [0.4, 0.5) is 8.78 Å². The van der Waals surface area contributed by atoms with Gasteiger partial charge >= 0.3 is 0 Å². The van der Waals surface area contributed by atoms with Crippen molar-refractivity contribution in [3.05, 3.63) is 71.6 Å². The minimum atomic E-state index is -0.914. The van der Waals surface area contributed by atoms with Gasteiger partial charge in [-0.2, -0.15) is 0 Å². The Morgan fingerprint density at radius 2 is 1.36 bits per heavy atom. The van der Waals surface area contributed by atoms with Crippen molar-refractivity contribution >= 4 is 0 Å². The second-order valence-corrected chi connectivity index (χ2v) is 5.22. The van der Waals surface area contributed by atoms with Gasteiger partial charge in [0.15, 0.2) is 17.5 Å².